The number of aryl methyl sites for hydroxylation is 1. The molecule has 2 amide bonds. The smallest absolute Gasteiger partial charge is 0.280 e. The van der Waals surface area contributed by atoms with E-state index in [0.717, 1.165) is 5.56 Å². The minimum atomic E-state index is -0.651. The molecule has 4 rings (SSSR count). The zero-order chi connectivity index (χ0) is 22.1. The van der Waals surface area contributed by atoms with Crippen molar-refractivity contribution in [2.24, 2.45) is 0 Å². The zero-order valence-electron chi connectivity index (χ0n) is 16.2. The lowest BCUT2D eigenvalue weighted by atomic mass is 10.1. The number of benzene rings is 2. The van der Waals surface area contributed by atoms with Crippen molar-refractivity contribution in [1.82, 2.24) is 5.32 Å². The highest BCUT2D eigenvalue weighted by Crippen LogP contribution is 2.31. The molecule has 0 unspecified atom stereocenters. The van der Waals surface area contributed by atoms with Gasteiger partial charge in [0.1, 0.15) is 17.1 Å². The van der Waals surface area contributed by atoms with Crippen molar-refractivity contribution in [2.45, 2.75) is 6.92 Å². The summed E-state index contributed by atoms with van der Waals surface area (Å²) in [5.74, 6) is -0.805. The van der Waals surface area contributed by atoms with E-state index < -0.39 is 16.7 Å². The van der Waals surface area contributed by atoms with Gasteiger partial charge in [0.2, 0.25) is 0 Å². The molecule has 31 heavy (non-hydrogen) atoms. The molecule has 0 spiro atoms. The van der Waals surface area contributed by atoms with Gasteiger partial charge in [-0.2, -0.15) is 0 Å². The average Bonchev–Trinajstić information content (AvgIpc) is 3.21. The number of carbonyl (C=O) groups is 2. The van der Waals surface area contributed by atoms with E-state index in [4.69, 9.17) is 16.6 Å². The summed E-state index contributed by atoms with van der Waals surface area (Å²) in [6.45, 7) is 1.92. The Labute approximate surface area is 181 Å². The number of para-hydroxylation sites is 1. The van der Waals surface area contributed by atoms with Crippen LogP contribution in [0.1, 0.15) is 11.3 Å². The number of hydrogen-bond acceptors (Lipinski definition) is 6. The Kier molecular flexibility index (Phi) is 5.18. The van der Waals surface area contributed by atoms with Gasteiger partial charge in [0, 0.05) is 6.07 Å². The molecule has 1 N–H and O–H groups in total. The third-order valence-electron chi connectivity index (χ3n) is 4.67. The zero-order valence-corrected chi connectivity index (χ0v) is 17.0. The number of thiocarbonyl (C=S) groups is 1. The van der Waals surface area contributed by atoms with Crippen LogP contribution in [-0.2, 0) is 9.59 Å². The standard InChI is InChI=1S/C22H15N3O5S/c1-13-6-8-14(9-7-13)24-21(27)17(20(26)23-22(24)31)12-15-10-11-19(30-15)16-4-2-3-5-18(16)25(28)29/h2-12H,1H3,(H,23,26,31)/b17-12+. The summed E-state index contributed by atoms with van der Waals surface area (Å²) in [6, 6.07) is 16.3. The van der Waals surface area contributed by atoms with Gasteiger partial charge in [-0.15, -0.1) is 0 Å². The molecular formula is C22H15N3O5S. The van der Waals surface area contributed by atoms with Crippen LogP contribution in [0.2, 0.25) is 0 Å². The topological polar surface area (TPSA) is 106 Å². The van der Waals surface area contributed by atoms with Crippen LogP contribution in [0.15, 0.2) is 70.7 Å². The van der Waals surface area contributed by atoms with E-state index >= 15 is 0 Å². The van der Waals surface area contributed by atoms with Crippen LogP contribution in [0.4, 0.5) is 11.4 Å². The molecule has 1 aromatic heterocycles. The fraction of sp³-hybridized carbons (Fsp3) is 0.0455. The van der Waals surface area contributed by atoms with Crippen LogP contribution in [0.3, 0.4) is 0 Å². The van der Waals surface area contributed by atoms with E-state index in [1.165, 1.54) is 23.1 Å². The molecular weight excluding hydrogens is 418 g/mol. The van der Waals surface area contributed by atoms with Gasteiger partial charge in [0.25, 0.3) is 17.5 Å². The van der Waals surface area contributed by atoms with Gasteiger partial charge in [0.05, 0.1) is 16.2 Å². The van der Waals surface area contributed by atoms with Crippen LogP contribution in [0.25, 0.3) is 17.4 Å². The average molecular weight is 433 g/mol. The molecule has 1 saturated heterocycles. The first-order valence-corrected chi connectivity index (χ1v) is 9.58. The van der Waals surface area contributed by atoms with Crippen molar-refractivity contribution in [3.8, 4) is 11.3 Å². The molecule has 8 nitrogen and oxygen atoms in total. The van der Waals surface area contributed by atoms with Crippen molar-refractivity contribution in [2.75, 3.05) is 4.90 Å². The van der Waals surface area contributed by atoms with Gasteiger partial charge in [0.15, 0.2) is 5.11 Å². The molecule has 9 heteroatoms. The second-order valence-electron chi connectivity index (χ2n) is 6.77. The Morgan fingerprint density at radius 1 is 1.06 bits per heavy atom. The lowest BCUT2D eigenvalue weighted by Gasteiger charge is -2.28. The maximum atomic E-state index is 13.0. The Morgan fingerprint density at radius 2 is 1.77 bits per heavy atom. The number of rotatable bonds is 4. The van der Waals surface area contributed by atoms with Gasteiger partial charge in [-0.1, -0.05) is 29.8 Å². The van der Waals surface area contributed by atoms with E-state index in [9.17, 15) is 19.7 Å². The van der Waals surface area contributed by atoms with Gasteiger partial charge in [-0.3, -0.25) is 29.9 Å². The number of nitrogens with one attached hydrogen (secondary N) is 1. The van der Waals surface area contributed by atoms with Gasteiger partial charge in [-0.05, 0) is 55.5 Å². The van der Waals surface area contributed by atoms with E-state index in [1.54, 1.807) is 36.4 Å². The SMILES string of the molecule is Cc1ccc(N2C(=O)/C(=C/c3ccc(-c4ccccc4[N+](=O)[O-])o3)C(=O)NC2=S)cc1. The van der Waals surface area contributed by atoms with Crippen molar-refractivity contribution in [3.05, 3.63) is 87.7 Å². The van der Waals surface area contributed by atoms with Crippen LogP contribution in [0, 0.1) is 17.0 Å². The molecule has 2 heterocycles. The number of furan rings is 1. The highest BCUT2D eigenvalue weighted by molar-refractivity contribution is 7.80. The van der Waals surface area contributed by atoms with Gasteiger partial charge < -0.3 is 4.42 Å². The highest BCUT2D eigenvalue weighted by Gasteiger charge is 2.34. The second kappa shape index (κ2) is 7.96. The predicted molar refractivity (Wildman–Crippen MR) is 118 cm³/mol. The van der Waals surface area contributed by atoms with Gasteiger partial charge >= 0.3 is 0 Å². The largest absolute Gasteiger partial charge is 0.456 e. The van der Waals surface area contributed by atoms with Crippen LogP contribution in [0.5, 0.6) is 0 Å². The second-order valence-corrected chi connectivity index (χ2v) is 7.16. The molecule has 0 aliphatic carbocycles. The predicted octanol–water partition coefficient (Wildman–Crippen LogP) is 3.99. The number of nitro benzene ring substituents is 1. The van der Waals surface area contributed by atoms with Crippen LogP contribution < -0.4 is 10.2 Å². The summed E-state index contributed by atoms with van der Waals surface area (Å²) in [7, 11) is 0. The molecule has 154 valence electrons. The fourth-order valence-corrected chi connectivity index (χ4v) is 3.43. The van der Waals surface area contributed by atoms with Crippen molar-refractivity contribution < 1.29 is 18.9 Å². The van der Waals surface area contributed by atoms with Crippen molar-refractivity contribution in [3.63, 3.8) is 0 Å². The highest BCUT2D eigenvalue weighted by atomic mass is 32.1. The number of nitro groups is 1. The summed E-state index contributed by atoms with van der Waals surface area (Å²) in [5.41, 5.74) is 1.54. The van der Waals surface area contributed by atoms with E-state index in [-0.39, 0.29) is 27.9 Å². The molecule has 1 aliphatic heterocycles. The quantitative estimate of drug-likeness (QED) is 0.219. The molecule has 2 aromatic carbocycles. The number of hydrogen-bond donors (Lipinski definition) is 1. The summed E-state index contributed by atoms with van der Waals surface area (Å²) in [6.07, 6.45) is 1.29. The maximum Gasteiger partial charge on any atom is 0.280 e. The number of anilines is 1. The Bertz CT molecular complexity index is 1260. The number of carbonyl (C=O) groups excluding carboxylic acids is 2. The molecule has 0 saturated carbocycles. The molecule has 0 atom stereocenters. The molecule has 1 fully saturated rings. The van der Waals surface area contributed by atoms with Gasteiger partial charge in [-0.25, -0.2) is 0 Å². The summed E-state index contributed by atoms with van der Waals surface area (Å²) in [5, 5.41) is 13.8. The summed E-state index contributed by atoms with van der Waals surface area (Å²) in [4.78, 5) is 37.4. The van der Waals surface area contributed by atoms with Crippen LogP contribution in [-0.4, -0.2) is 21.9 Å². The normalized spacial score (nSPS) is 15.3. The minimum absolute atomic E-state index is 0.0175. The molecule has 1 aliphatic rings. The third kappa shape index (κ3) is 3.86. The first-order chi connectivity index (χ1) is 14.8. The molecule has 0 radical (unpaired) electrons. The summed E-state index contributed by atoms with van der Waals surface area (Å²) < 4.78 is 5.68. The molecule has 3 aromatic rings. The first-order valence-electron chi connectivity index (χ1n) is 9.17. The van der Waals surface area contributed by atoms with E-state index in [0.29, 0.717) is 11.3 Å². The Morgan fingerprint density at radius 3 is 2.48 bits per heavy atom. The van der Waals surface area contributed by atoms with E-state index in [1.807, 2.05) is 19.1 Å². The lowest BCUT2D eigenvalue weighted by Crippen LogP contribution is -2.54. The number of nitrogens with zero attached hydrogens (tertiary/aromatic N) is 2. The third-order valence-corrected chi connectivity index (χ3v) is 4.96. The Hall–Kier alpha value is -4.11. The van der Waals surface area contributed by atoms with Crippen LogP contribution >= 0.6 is 12.2 Å². The van der Waals surface area contributed by atoms with Crippen molar-refractivity contribution in [1.29, 1.82) is 0 Å². The fourth-order valence-electron chi connectivity index (χ4n) is 3.14. The van der Waals surface area contributed by atoms with Crippen molar-refractivity contribution >= 4 is 46.6 Å². The minimum Gasteiger partial charge on any atom is -0.456 e. The molecule has 0 bridgehead atoms. The van der Waals surface area contributed by atoms with E-state index in [2.05, 4.69) is 5.32 Å². The maximum absolute atomic E-state index is 13.0. The lowest BCUT2D eigenvalue weighted by molar-refractivity contribution is -0.384. The monoisotopic (exact) mass is 433 g/mol. The Balaban J connectivity index is 1.69. The number of amides is 2. The first kappa shape index (κ1) is 20.2. The summed E-state index contributed by atoms with van der Waals surface area (Å²) >= 11 is 5.18.